The standard InChI is InChI=1S/C11H17N3O/c1-14-7-6-12-10(11(14)15)13-8-9-4-2-3-5-9/h6-7,9H,2-5,8H2,1H3,(H,12,13). The van der Waals surface area contributed by atoms with Crippen LogP contribution in [0.3, 0.4) is 0 Å². The molecule has 1 heterocycles. The average molecular weight is 207 g/mol. The number of hydrogen-bond acceptors (Lipinski definition) is 3. The van der Waals surface area contributed by atoms with Crippen LogP contribution in [0.2, 0.25) is 0 Å². The molecule has 82 valence electrons. The van der Waals surface area contributed by atoms with Crippen LogP contribution in [0.1, 0.15) is 25.7 Å². The Morgan fingerprint density at radius 3 is 3.00 bits per heavy atom. The smallest absolute Gasteiger partial charge is 0.293 e. The van der Waals surface area contributed by atoms with E-state index >= 15 is 0 Å². The van der Waals surface area contributed by atoms with Gasteiger partial charge in [-0.15, -0.1) is 0 Å². The van der Waals surface area contributed by atoms with E-state index in [-0.39, 0.29) is 5.56 Å². The highest BCUT2D eigenvalue weighted by molar-refractivity contribution is 5.30. The van der Waals surface area contributed by atoms with E-state index in [1.807, 2.05) is 0 Å². The summed E-state index contributed by atoms with van der Waals surface area (Å²) in [7, 11) is 1.74. The van der Waals surface area contributed by atoms with Crippen LogP contribution in [0, 0.1) is 5.92 Å². The number of aryl methyl sites for hydroxylation is 1. The summed E-state index contributed by atoms with van der Waals surface area (Å²) in [6, 6.07) is 0. The van der Waals surface area contributed by atoms with Gasteiger partial charge in [0.2, 0.25) is 0 Å². The Morgan fingerprint density at radius 1 is 1.53 bits per heavy atom. The van der Waals surface area contributed by atoms with E-state index in [1.54, 1.807) is 24.0 Å². The molecule has 0 amide bonds. The summed E-state index contributed by atoms with van der Waals surface area (Å²) in [5.74, 6) is 1.20. The molecule has 0 bridgehead atoms. The zero-order valence-electron chi connectivity index (χ0n) is 9.07. The lowest BCUT2D eigenvalue weighted by atomic mass is 10.1. The number of nitrogens with one attached hydrogen (secondary N) is 1. The molecule has 1 aliphatic rings. The third-order valence-electron chi connectivity index (χ3n) is 3.05. The van der Waals surface area contributed by atoms with Crippen LogP contribution in [0.4, 0.5) is 5.82 Å². The summed E-state index contributed by atoms with van der Waals surface area (Å²) in [5, 5.41) is 3.15. The van der Waals surface area contributed by atoms with E-state index in [2.05, 4.69) is 10.3 Å². The van der Waals surface area contributed by atoms with Gasteiger partial charge in [0.05, 0.1) is 0 Å². The zero-order valence-corrected chi connectivity index (χ0v) is 9.07. The lowest BCUT2D eigenvalue weighted by Gasteiger charge is -2.10. The molecule has 1 saturated carbocycles. The second-order valence-corrected chi connectivity index (χ2v) is 4.22. The molecule has 15 heavy (non-hydrogen) atoms. The SMILES string of the molecule is Cn1ccnc(NCC2CCCC2)c1=O. The molecule has 1 fully saturated rings. The van der Waals surface area contributed by atoms with Crippen LogP contribution < -0.4 is 10.9 Å². The first-order valence-corrected chi connectivity index (χ1v) is 5.53. The molecule has 2 rings (SSSR count). The molecule has 0 aromatic carbocycles. The van der Waals surface area contributed by atoms with Gasteiger partial charge in [0.25, 0.3) is 5.56 Å². The van der Waals surface area contributed by atoms with Crippen molar-refractivity contribution in [2.75, 3.05) is 11.9 Å². The van der Waals surface area contributed by atoms with Crippen molar-refractivity contribution in [2.45, 2.75) is 25.7 Å². The van der Waals surface area contributed by atoms with E-state index < -0.39 is 0 Å². The van der Waals surface area contributed by atoms with Gasteiger partial charge in [-0.25, -0.2) is 4.98 Å². The van der Waals surface area contributed by atoms with Crippen molar-refractivity contribution in [3.05, 3.63) is 22.7 Å². The van der Waals surface area contributed by atoms with Gasteiger partial charge >= 0.3 is 0 Å². The Labute approximate surface area is 89.3 Å². The lowest BCUT2D eigenvalue weighted by molar-refractivity contribution is 0.578. The quantitative estimate of drug-likeness (QED) is 0.814. The first kappa shape index (κ1) is 10.2. The monoisotopic (exact) mass is 207 g/mol. The van der Waals surface area contributed by atoms with Crippen molar-refractivity contribution >= 4 is 5.82 Å². The Morgan fingerprint density at radius 2 is 2.27 bits per heavy atom. The highest BCUT2D eigenvalue weighted by atomic mass is 16.1. The molecule has 1 N–H and O–H groups in total. The van der Waals surface area contributed by atoms with Crippen molar-refractivity contribution in [1.82, 2.24) is 9.55 Å². The summed E-state index contributed by atoms with van der Waals surface area (Å²) in [6.07, 6.45) is 8.53. The second kappa shape index (κ2) is 4.47. The zero-order chi connectivity index (χ0) is 10.7. The van der Waals surface area contributed by atoms with Crippen LogP contribution in [-0.2, 0) is 7.05 Å². The second-order valence-electron chi connectivity index (χ2n) is 4.22. The maximum atomic E-state index is 11.6. The Hall–Kier alpha value is -1.32. The Bertz CT molecular complexity index is 380. The maximum absolute atomic E-state index is 11.6. The summed E-state index contributed by atoms with van der Waals surface area (Å²) < 4.78 is 1.55. The van der Waals surface area contributed by atoms with E-state index in [4.69, 9.17) is 0 Å². The van der Waals surface area contributed by atoms with Crippen molar-refractivity contribution in [1.29, 1.82) is 0 Å². The first-order chi connectivity index (χ1) is 7.27. The van der Waals surface area contributed by atoms with Crippen LogP contribution in [0.25, 0.3) is 0 Å². The minimum atomic E-state index is -0.0458. The van der Waals surface area contributed by atoms with E-state index in [1.165, 1.54) is 25.7 Å². The lowest BCUT2D eigenvalue weighted by Crippen LogP contribution is -2.24. The van der Waals surface area contributed by atoms with Crippen LogP contribution >= 0.6 is 0 Å². The number of anilines is 1. The van der Waals surface area contributed by atoms with Gasteiger partial charge in [0.15, 0.2) is 5.82 Å². The minimum absolute atomic E-state index is 0.0458. The molecule has 1 aromatic rings. The highest BCUT2D eigenvalue weighted by Crippen LogP contribution is 2.24. The van der Waals surface area contributed by atoms with E-state index in [0.717, 1.165) is 12.5 Å². The molecule has 1 aliphatic carbocycles. The molecule has 0 radical (unpaired) electrons. The number of nitrogens with zero attached hydrogens (tertiary/aromatic N) is 2. The van der Waals surface area contributed by atoms with Gasteiger partial charge < -0.3 is 9.88 Å². The molecule has 1 aromatic heterocycles. The third-order valence-corrected chi connectivity index (χ3v) is 3.05. The normalized spacial score (nSPS) is 16.9. The van der Waals surface area contributed by atoms with Crippen molar-refractivity contribution in [3.63, 3.8) is 0 Å². The highest BCUT2D eigenvalue weighted by Gasteiger charge is 2.15. The van der Waals surface area contributed by atoms with Gasteiger partial charge in [-0.3, -0.25) is 4.79 Å². The van der Waals surface area contributed by atoms with Crippen LogP contribution in [-0.4, -0.2) is 16.1 Å². The summed E-state index contributed by atoms with van der Waals surface area (Å²) >= 11 is 0. The average Bonchev–Trinajstić information content (AvgIpc) is 2.73. The summed E-state index contributed by atoms with van der Waals surface area (Å²) in [5.41, 5.74) is -0.0458. The largest absolute Gasteiger partial charge is 0.365 e. The van der Waals surface area contributed by atoms with Crippen molar-refractivity contribution in [2.24, 2.45) is 13.0 Å². The van der Waals surface area contributed by atoms with Gasteiger partial charge in [0.1, 0.15) is 0 Å². The van der Waals surface area contributed by atoms with Crippen molar-refractivity contribution < 1.29 is 0 Å². The Kier molecular flexibility index (Phi) is 3.04. The third kappa shape index (κ3) is 2.37. The van der Waals surface area contributed by atoms with E-state index in [9.17, 15) is 4.79 Å². The summed E-state index contributed by atoms with van der Waals surface area (Å²) in [4.78, 5) is 15.7. The Balaban J connectivity index is 1.98. The molecular weight excluding hydrogens is 190 g/mol. The predicted molar refractivity (Wildman–Crippen MR) is 59.9 cm³/mol. The number of rotatable bonds is 3. The minimum Gasteiger partial charge on any atom is -0.365 e. The molecule has 4 nitrogen and oxygen atoms in total. The first-order valence-electron chi connectivity index (χ1n) is 5.53. The van der Waals surface area contributed by atoms with Gasteiger partial charge in [-0.1, -0.05) is 12.8 Å². The fraction of sp³-hybridized carbons (Fsp3) is 0.636. The fourth-order valence-corrected chi connectivity index (χ4v) is 2.07. The molecule has 0 atom stereocenters. The molecule has 0 saturated heterocycles. The van der Waals surface area contributed by atoms with Gasteiger partial charge in [0, 0.05) is 26.0 Å². The molecule has 0 spiro atoms. The molecule has 0 unspecified atom stereocenters. The van der Waals surface area contributed by atoms with E-state index in [0.29, 0.717) is 5.82 Å². The van der Waals surface area contributed by atoms with Crippen LogP contribution in [0.15, 0.2) is 17.2 Å². The van der Waals surface area contributed by atoms with Crippen molar-refractivity contribution in [3.8, 4) is 0 Å². The molecule has 0 aliphatic heterocycles. The number of aromatic nitrogens is 2. The maximum Gasteiger partial charge on any atom is 0.293 e. The van der Waals surface area contributed by atoms with Gasteiger partial charge in [-0.05, 0) is 18.8 Å². The molecular formula is C11H17N3O. The topological polar surface area (TPSA) is 46.9 Å². The fourth-order valence-electron chi connectivity index (χ4n) is 2.07. The number of hydrogen-bond donors (Lipinski definition) is 1. The summed E-state index contributed by atoms with van der Waals surface area (Å²) in [6.45, 7) is 0.881. The predicted octanol–water partition coefficient (Wildman–Crippen LogP) is 1.38. The van der Waals surface area contributed by atoms with Gasteiger partial charge in [-0.2, -0.15) is 0 Å². The molecule has 4 heteroatoms. The van der Waals surface area contributed by atoms with Crippen LogP contribution in [0.5, 0.6) is 0 Å².